The van der Waals surface area contributed by atoms with Gasteiger partial charge in [0.2, 0.25) is 17.7 Å². The van der Waals surface area contributed by atoms with Crippen LogP contribution in [0.3, 0.4) is 0 Å². The van der Waals surface area contributed by atoms with Gasteiger partial charge in [0.25, 0.3) is 0 Å². The molecule has 0 fully saturated rings. The van der Waals surface area contributed by atoms with Crippen molar-refractivity contribution in [2.75, 3.05) is 0 Å². The molecule has 3 rings (SSSR count). The standard InChI is InChI=1S/C30H39N5O7/c1-4-16(2)26(29(40)34-24(30(41)42)14-19-15-32-22-8-6-5-7-21(19)22)35-27(38)23(33-28(39)25(31)17(3)36)13-18-9-11-20(37)12-10-18/h5-12,15-17,23-26,32,36-37H,4,13-14,31H2,1-3H3,(H,33,39)(H,34,40)(H,35,38)(H,41,42). The SMILES string of the molecule is CCC(C)C(NC(=O)C(Cc1ccc(O)cc1)NC(=O)C(N)C(C)O)C(=O)NC(Cc1c[nH]c2ccccc12)C(=O)O. The first-order chi connectivity index (χ1) is 19.9. The number of aromatic hydroxyl groups is 1. The molecule has 0 spiro atoms. The van der Waals surface area contributed by atoms with Crippen LogP contribution in [0.2, 0.25) is 0 Å². The average Bonchev–Trinajstić information content (AvgIpc) is 3.37. The van der Waals surface area contributed by atoms with Gasteiger partial charge in [-0.1, -0.05) is 50.6 Å². The van der Waals surface area contributed by atoms with Crippen molar-refractivity contribution in [2.24, 2.45) is 11.7 Å². The van der Waals surface area contributed by atoms with Crippen LogP contribution in [-0.4, -0.2) is 74.3 Å². The number of aliphatic hydroxyl groups is 1. The summed E-state index contributed by atoms with van der Waals surface area (Å²) < 4.78 is 0. The second-order valence-corrected chi connectivity index (χ2v) is 10.5. The number of hydrogen-bond donors (Lipinski definition) is 8. The molecular weight excluding hydrogens is 542 g/mol. The Morgan fingerprint density at radius 1 is 0.881 bits per heavy atom. The summed E-state index contributed by atoms with van der Waals surface area (Å²) in [5.74, 6) is -3.74. The number of hydrogen-bond acceptors (Lipinski definition) is 7. The van der Waals surface area contributed by atoms with E-state index in [1.54, 1.807) is 25.3 Å². The third kappa shape index (κ3) is 8.30. The van der Waals surface area contributed by atoms with Crippen molar-refractivity contribution in [3.63, 3.8) is 0 Å². The molecule has 226 valence electrons. The summed E-state index contributed by atoms with van der Waals surface area (Å²) in [6.45, 7) is 4.92. The van der Waals surface area contributed by atoms with Gasteiger partial charge in [0.05, 0.1) is 6.10 Å². The lowest BCUT2D eigenvalue weighted by Gasteiger charge is -2.28. The minimum absolute atomic E-state index is 0.00244. The number of benzene rings is 2. The molecule has 9 N–H and O–H groups in total. The van der Waals surface area contributed by atoms with Crippen molar-refractivity contribution in [2.45, 2.75) is 70.3 Å². The predicted molar refractivity (Wildman–Crippen MR) is 156 cm³/mol. The summed E-state index contributed by atoms with van der Waals surface area (Å²) in [6.07, 6.45) is 1.03. The van der Waals surface area contributed by atoms with E-state index in [-0.39, 0.29) is 24.5 Å². The van der Waals surface area contributed by atoms with Gasteiger partial charge in [0, 0.05) is 29.9 Å². The maximum Gasteiger partial charge on any atom is 0.326 e. The lowest BCUT2D eigenvalue weighted by Crippen LogP contribution is -2.60. The number of nitrogens with two attached hydrogens (primary N) is 1. The number of H-pyrrole nitrogens is 1. The molecule has 1 aromatic heterocycles. The highest BCUT2D eigenvalue weighted by Gasteiger charge is 2.33. The van der Waals surface area contributed by atoms with E-state index < -0.39 is 54.0 Å². The van der Waals surface area contributed by atoms with E-state index >= 15 is 0 Å². The molecule has 0 aliphatic rings. The summed E-state index contributed by atoms with van der Waals surface area (Å²) >= 11 is 0. The molecule has 42 heavy (non-hydrogen) atoms. The van der Waals surface area contributed by atoms with Crippen LogP contribution in [0, 0.1) is 5.92 Å². The zero-order chi connectivity index (χ0) is 31.0. The van der Waals surface area contributed by atoms with Gasteiger partial charge in [-0.2, -0.15) is 0 Å². The minimum atomic E-state index is -1.30. The van der Waals surface area contributed by atoms with Gasteiger partial charge < -0.3 is 42.0 Å². The number of nitrogens with one attached hydrogen (secondary N) is 4. The van der Waals surface area contributed by atoms with Crippen molar-refractivity contribution < 1.29 is 34.5 Å². The van der Waals surface area contributed by atoms with E-state index in [9.17, 15) is 34.5 Å². The van der Waals surface area contributed by atoms with Gasteiger partial charge in [-0.25, -0.2) is 4.79 Å². The topological polar surface area (TPSA) is 207 Å². The first kappa shape index (κ1) is 32.1. The summed E-state index contributed by atoms with van der Waals surface area (Å²) in [4.78, 5) is 54.9. The molecular formula is C30H39N5O7. The normalized spacial score (nSPS) is 15.5. The molecule has 1 heterocycles. The van der Waals surface area contributed by atoms with Gasteiger partial charge in [0.15, 0.2) is 0 Å². The van der Waals surface area contributed by atoms with E-state index in [4.69, 9.17) is 5.73 Å². The highest BCUT2D eigenvalue weighted by molar-refractivity contribution is 5.94. The number of aromatic amines is 1. The third-order valence-electron chi connectivity index (χ3n) is 7.34. The molecule has 0 saturated carbocycles. The minimum Gasteiger partial charge on any atom is -0.508 e. The van der Waals surface area contributed by atoms with Gasteiger partial charge in [-0.05, 0) is 42.2 Å². The second-order valence-electron chi connectivity index (χ2n) is 10.5. The number of rotatable bonds is 14. The van der Waals surface area contributed by atoms with Crippen LogP contribution in [0.25, 0.3) is 10.9 Å². The van der Waals surface area contributed by atoms with Crippen LogP contribution < -0.4 is 21.7 Å². The molecule has 3 amide bonds. The maximum atomic E-state index is 13.5. The van der Waals surface area contributed by atoms with E-state index in [1.165, 1.54) is 19.1 Å². The van der Waals surface area contributed by atoms with Crippen LogP contribution in [0.1, 0.15) is 38.3 Å². The second kappa shape index (κ2) is 14.5. The van der Waals surface area contributed by atoms with Crippen molar-refractivity contribution >= 4 is 34.6 Å². The van der Waals surface area contributed by atoms with Gasteiger partial charge in [-0.15, -0.1) is 0 Å². The number of carboxylic acid groups (broad SMARTS) is 1. The summed E-state index contributed by atoms with van der Waals surface area (Å²) in [5.41, 5.74) is 7.92. The molecule has 12 heteroatoms. The van der Waals surface area contributed by atoms with Crippen LogP contribution in [0.4, 0.5) is 0 Å². The van der Waals surface area contributed by atoms with E-state index in [1.807, 2.05) is 31.2 Å². The molecule has 0 radical (unpaired) electrons. The molecule has 0 bridgehead atoms. The van der Waals surface area contributed by atoms with E-state index in [0.717, 1.165) is 10.9 Å². The first-order valence-electron chi connectivity index (χ1n) is 13.8. The molecule has 0 aliphatic carbocycles. The molecule has 12 nitrogen and oxygen atoms in total. The summed E-state index contributed by atoms with van der Waals surface area (Å²) in [7, 11) is 0. The summed E-state index contributed by atoms with van der Waals surface area (Å²) in [5, 5.41) is 37.9. The fourth-order valence-corrected chi connectivity index (χ4v) is 4.50. The molecule has 0 saturated heterocycles. The number of aromatic nitrogens is 1. The lowest BCUT2D eigenvalue weighted by atomic mass is 9.96. The predicted octanol–water partition coefficient (Wildman–Crippen LogP) is 0.952. The number of carboxylic acids is 1. The smallest absolute Gasteiger partial charge is 0.326 e. The Bertz CT molecular complexity index is 1390. The Labute approximate surface area is 243 Å². The van der Waals surface area contributed by atoms with Crippen LogP contribution in [0.5, 0.6) is 5.75 Å². The van der Waals surface area contributed by atoms with Crippen molar-refractivity contribution in [1.29, 1.82) is 0 Å². The number of amides is 3. The highest BCUT2D eigenvalue weighted by atomic mass is 16.4. The number of phenols is 1. The molecule has 6 unspecified atom stereocenters. The monoisotopic (exact) mass is 581 g/mol. The Balaban J connectivity index is 1.81. The number of aliphatic hydroxyl groups excluding tert-OH is 1. The van der Waals surface area contributed by atoms with Gasteiger partial charge >= 0.3 is 5.97 Å². The van der Waals surface area contributed by atoms with Crippen molar-refractivity contribution in [3.05, 3.63) is 65.9 Å². The van der Waals surface area contributed by atoms with Gasteiger partial charge in [0.1, 0.15) is 29.9 Å². The average molecular weight is 582 g/mol. The fourth-order valence-electron chi connectivity index (χ4n) is 4.50. The first-order valence-corrected chi connectivity index (χ1v) is 13.8. The third-order valence-corrected chi connectivity index (χ3v) is 7.34. The number of fused-ring (bicyclic) bond motifs is 1. The quantitative estimate of drug-likeness (QED) is 0.137. The van der Waals surface area contributed by atoms with Crippen LogP contribution in [0.15, 0.2) is 54.7 Å². The fraction of sp³-hybridized carbons (Fsp3) is 0.400. The molecule has 6 atom stereocenters. The number of carbonyl (C=O) groups excluding carboxylic acids is 3. The van der Waals surface area contributed by atoms with Gasteiger partial charge in [-0.3, -0.25) is 14.4 Å². The molecule has 2 aromatic carbocycles. The lowest BCUT2D eigenvalue weighted by molar-refractivity contribution is -0.142. The molecule has 3 aromatic rings. The Morgan fingerprint density at radius 3 is 2.14 bits per heavy atom. The summed E-state index contributed by atoms with van der Waals surface area (Å²) in [6, 6.07) is 8.58. The Kier molecular flexibility index (Phi) is 11.1. The number of para-hydroxylation sites is 1. The number of aliphatic carboxylic acids is 1. The highest BCUT2D eigenvalue weighted by Crippen LogP contribution is 2.20. The zero-order valence-electron chi connectivity index (χ0n) is 23.8. The Hall–Kier alpha value is -4.42. The number of carbonyl (C=O) groups is 4. The largest absolute Gasteiger partial charge is 0.508 e. The van der Waals surface area contributed by atoms with E-state index in [0.29, 0.717) is 17.5 Å². The maximum absolute atomic E-state index is 13.5. The van der Waals surface area contributed by atoms with Crippen LogP contribution in [-0.2, 0) is 32.0 Å². The zero-order valence-corrected chi connectivity index (χ0v) is 23.8. The van der Waals surface area contributed by atoms with Crippen molar-refractivity contribution in [3.8, 4) is 5.75 Å². The van der Waals surface area contributed by atoms with E-state index in [2.05, 4.69) is 20.9 Å². The number of phenolic OH excluding ortho intramolecular Hbond substituents is 1. The van der Waals surface area contributed by atoms with Crippen LogP contribution >= 0.6 is 0 Å². The van der Waals surface area contributed by atoms with Crippen molar-refractivity contribution in [1.82, 2.24) is 20.9 Å². The Morgan fingerprint density at radius 2 is 1.52 bits per heavy atom. The molecule has 0 aliphatic heterocycles.